The average molecular weight is 747 g/mol. The highest BCUT2D eigenvalue weighted by atomic mass is 32.1. The molecular formula is C51H30N4OS. The minimum Gasteiger partial charge on any atom is -0.455 e. The van der Waals surface area contributed by atoms with Gasteiger partial charge >= 0.3 is 0 Å². The highest BCUT2D eigenvalue weighted by Crippen LogP contribution is 2.43. The zero-order chi connectivity index (χ0) is 37.5. The van der Waals surface area contributed by atoms with Gasteiger partial charge in [0.25, 0.3) is 0 Å². The van der Waals surface area contributed by atoms with E-state index in [0.717, 1.165) is 60.1 Å². The van der Waals surface area contributed by atoms with Crippen LogP contribution in [0.15, 0.2) is 186 Å². The van der Waals surface area contributed by atoms with Crippen LogP contribution >= 0.6 is 11.3 Å². The number of thiophene rings is 1. The summed E-state index contributed by atoms with van der Waals surface area (Å²) >= 11 is 1.77. The lowest BCUT2D eigenvalue weighted by atomic mass is 10.00. The van der Waals surface area contributed by atoms with E-state index in [1.54, 1.807) is 11.3 Å². The van der Waals surface area contributed by atoms with Crippen molar-refractivity contribution >= 4 is 75.3 Å². The van der Waals surface area contributed by atoms with Gasteiger partial charge in [-0.25, -0.2) is 15.0 Å². The molecule has 6 heteroatoms. The van der Waals surface area contributed by atoms with E-state index in [4.69, 9.17) is 19.4 Å². The molecule has 0 aliphatic rings. The first kappa shape index (κ1) is 31.9. The largest absolute Gasteiger partial charge is 0.455 e. The Morgan fingerprint density at radius 1 is 0.404 bits per heavy atom. The number of rotatable bonds is 5. The summed E-state index contributed by atoms with van der Waals surface area (Å²) in [6, 6.07) is 63.7. The van der Waals surface area contributed by atoms with Crippen molar-refractivity contribution in [1.82, 2.24) is 19.5 Å². The predicted octanol–water partition coefficient (Wildman–Crippen LogP) is 13.9. The quantitative estimate of drug-likeness (QED) is 0.176. The van der Waals surface area contributed by atoms with Gasteiger partial charge in [-0.3, -0.25) is 0 Å². The summed E-state index contributed by atoms with van der Waals surface area (Å²) in [5.74, 6) is 1.97. The molecule has 4 aromatic heterocycles. The zero-order valence-corrected chi connectivity index (χ0v) is 31.2. The summed E-state index contributed by atoms with van der Waals surface area (Å²) in [7, 11) is 0. The van der Waals surface area contributed by atoms with E-state index in [9.17, 15) is 0 Å². The summed E-state index contributed by atoms with van der Waals surface area (Å²) in [6.07, 6.45) is 0. The smallest absolute Gasteiger partial charge is 0.165 e. The first-order valence-electron chi connectivity index (χ1n) is 19.0. The van der Waals surface area contributed by atoms with Crippen molar-refractivity contribution in [2.45, 2.75) is 0 Å². The first-order valence-corrected chi connectivity index (χ1v) is 19.8. The highest BCUT2D eigenvalue weighted by molar-refractivity contribution is 7.26. The van der Waals surface area contributed by atoms with Gasteiger partial charge in [0.05, 0.1) is 11.0 Å². The summed E-state index contributed by atoms with van der Waals surface area (Å²) in [5.41, 5.74) is 10.3. The van der Waals surface area contributed by atoms with Crippen LogP contribution in [0.25, 0.3) is 115 Å². The third-order valence-corrected chi connectivity index (χ3v) is 12.3. The van der Waals surface area contributed by atoms with Crippen molar-refractivity contribution in [1.29, 1.82) is 0 Å². The van der Waals surface area contributed by atoms with Crippen molar-refractivity contribution in [3.63, 3.8) is 0 Å². The molecule has 0 saturated carbocycles. The number of para-hydroxylation sites is 3. The lowest BCUT2D eigenvalue weighted by Gasteiger charge is -2.09. The van der Waals surface area contributed by atoms with Gasteiger partial charge in [0, 0.05) is 75.7 Å². The van der Waals surface area contributed by atoms with Gasteiger partial charge in [0.1, 0.15) is 11.2 Å². The molecule has 0 unspecified atom stereocenters. The monoisotopic (exact) mass is 746 g/mol. The molecule has 12 aromatic rings. The SMILES string of the molecule is c1ccc(-c2nc(-c3ccccc3)nc(-c3cccc4c3sc3ccc(-c5cccc6c5oc5cc(-n7c8ccccc8c8ccccc87)ccc56)cc34)n2)cc1. The van der Waals surface area contributed by atoms with Crippen LogP contribution in [-0.2, 0) is 0 Å². The van der Waals surface area contributed by atoms with E-state index in [0.29, 0.717) is 17.5 Å². The minimum absolute atomic E-state index is 0.654. The Morgan fingerprint density at radius 2 is 1.00 bits per heavy atom. The van der Waals surface area contributed by atoms with E-state index in [-0.39, 0.29) is 0 Å². The number of hydrogen-bond donors (Lipinski definition) is 0. The van der Waals surface area contributed by atoms with E-state index >= 15 is 0 Å². The number of nitrogens with zero attached hydrogens (tertiary/aromatic N) is 4. The zero-order valence-electron chi connectivity index (χ0n) is 30.4. The Labute approximate surface area is 330 Å². The molecule has 0 amide bonds. The Hall–Kier alpha value is -7.41. The van der Waals surface area contributed by atoms with Gasteiger partial charge < -0.3 is 8.98 Å². The molecule has 0 bridgehead atoms. The Kier molecular flexibility index (Phi) is 7.03. The van der Waals surface area contributed by atoms with Crippen LogP contribution in [0.5, 0.6) is 0 Å². The van der Waals surface area contributed by atoms with Crippen molar-refractivity contribution in [2.24, 2.45) is 0 Å². The fourth-order valence-electron chi connectivity index (χ4n) is 8.43. The van der Waals surface area contributed by atoms with Crippen LogP contribution < -0.4 is 0 Å². The maximum Gasteiger partial charge on any atom is 0.165 e. The summed E-state index contributed by atoms with van der Waals surface area (Å²) in [6.45, 7) is 0. The van der Waals surface area contributed by atoms with Crippen LogP contribution in [-0.4, -0.2) is 19.5 Å². The molecule has 57 heavy (non-hydrogen) atoms. The van der Waals surface area contributed by atoms with Gasteiger partial charge in [0.15, 0.2) is 17.5 Å². The lowest BCUT2D eigenvalue weighted by molar-refractivity contribution is 0.669. The van der Waals surface area contributed by atoms with Gasteiger partial charge in [-0.1, -0.05) is 133 Å². The average Bonchev–Trinajstić information content (AvgIpc) is 3.96. The third-order valence-electron chi connectivity index (χ3n) is 11.1. The fourth-order valence-corrected chi connectivity index (χ4v) is 9.62. The number of furan rings is 1. The van der Waals surface area contributed by atoms with Gasteiger partial charge in [-0.15, -0.1) is 11.3 Å². The number of fused-ring (bicyclic) bond motifs is 9. The van der Waals surface area contributed by atoms with Gasteiger partial charge in [-0.2, -0.15) is 0 Å². The molecule has 0 aliphatic heterocycles. The molecular weight excluding hydrogens is 717 g/mol. The highest BCUT2D eigenvalue weighted by Gasteiger charge is 2.19. The second-order valence-corrected chi connectivity index (χ2v) is 15.4. The first-order chi connectivity index (χ1) is 28.2. The number of hydrogen-bond acceptors (Lipinski definition) is 5. The molecule has 0 atom stereocenters. The van der Waals surface area contributed by atoms with Crippen molar-refractivity contribution < 1.29 is 4.42 Å². The van der Waals surface area contributed by atoms with Crippen LogP contribution in [0.4, 0.5) is 0 Å². The van der Waals surface area contributed by atoms with Crippen LogP contribution in [0.3, 0.4) is 0 Å². The van der Waals surface area contributed by atoms with Crippen molar-refractivity contribution in [3.05, 3.63) is 182 Å². The van der Waals surface area contributed by atoms with E-state index in [1.165, 1.54) is 37.3 Å². The molecule has 4 heterocycles. The lowest BCUT2D eigenvalue weighted by Crippen LogP contribution is -2.00. The molecule has 0 aliphatic carbocycles. The molecule has 8 aromatic carbocycles. The second kappa shape index (κ2) is 12.6. The summed E-state index contributed by atoms with van der Waals surface area (Å²) in [5, 5.41) is 7.05. The fraction of sp³-hybridized carbons (Fsp3) is 0. The normalized spacial score (nSPS) is 11.9. The molecule has 0 spiro atoms. The molecule has 0 N–H and O–H groups in total. The Balaban J connectivity index is 0.993. The molecule has 0 saturated heterocycles. The van der Waals surface area contributed by atoms with E-state index in [2.05, 4.69) is 126 Å². The number of aromatic nitrogens is 4. The molecule has 0 fully saturated rings. The molecule has 0 radical (unpaired) electrons. The molecule has 12 rings (SSSR count). The summed E-state index contributed by atoms with van der Waals surface area (Å²) in [4.78, 5) is 15.0. The van der Waals surface area contributed by atoms with Crippen LogP contribution in [0.2, 0.25) is 0 Å². The van der Waals surface area contributed by atoms with Gasteiger partial charge in [-0.05, 0) is 48.0 Å². The van der Waals surface area contributed by atoms with Crippen molar-refractivity contribution in [2.75, 3.05) is 0 Å². The topological polar surface area (TPSA) is 56.7 Å². The molecule has 5 nitrogen and oxygen atoms in total. The minimum atomic E-state index is 0.654. The maximum atomic E-state index is 6.82. The van der Waals surface area contributed by atoms with Gasteiger partial charge in [0.2, 0.25) is 0 Å². The van der Waals surface area contributed by atoms with Crippen molar-refractivity contribution in [3.8, 4) is 51.0 Å². The van der Waals surface area contributed by atoms with E-state index < -0.39 is 0 Å². The maximum absolute atomic E-state index is 6.82. The van der Waals surface area contributed by atoms with E-state index in [1.807, 2.05) is 60.7 Å². The summed E-state index contributed by atoms with van der Waals surface area (Å²) < 4.78 is 11.5. The van der Waals surface area contributed by atoms with Crippen LogP contribution in [0, 0.1) is 0 Å². The molecule has 266 valence electrons. The second-order valence-electron chi connectivity index (χ2n) is 14.4. The van der Waals surface area contributed by atoms with Crippen LogP contribution in [0.1, 0.15) is 0 Å². The predicted molar refractivity (Wildman–Crippen MR) is 236 cm³/mol. The Bertz CT molecular complexity index is 3420. The number of benzene rings is 8. The Morgan fingerprint density at radius 3 is 1.70 bits per heavy atom. The third kappa shape index (κ3) is 5.04. The standard InChI is InChI=1S/C51H30N4OS/c1-3-13-31(14-4-1)49-52-50(32-15-5-2-6-16-32)54-51(53-49)41-22-12-21-40-42-29-33(25-28-46(42)57-48(40)41)35-19-11-20-39-38-27-26-34(30-45(38)56-47(35)39)55-43-23-9-7-17-36(43)37-18-8-10-24-44(37)55/h1-30H.